The average Bonchev–Trinajstić information content (AvgIpc) is 4.42. The van der Waals surface area contributed by atoms with Gasteiger partial charge in [0.2, 0.25) is 59.1 Å². The Kier molecular flexibility index (Phi) is 28.3. The predicted molar refractivity (Wildman–Crippen MR) is 294 cm³/mol. The molecule has 4 rings (SSSR count). The lowest BCUT2D eigenvalue weighted by Gasteiger charge is -2.48. The van der Waals surface area contributed by atoms with Crippen LogP contribution in [0.25, 0.3) is 0 Å². The van der Waals surface area contributed by atoms with Crippen molar-refractivity contribution in [3.8, 4) is 0 Å². The molecule has 0 aromatic carbocycles. The molecule has 0 bridgehead atoms. The van der Waals surface area contributed by atoms with Crippen LogP contribution in [-0.2, 0) is 78.1 Å². The van der Waals surface area contributed by atoms with Gasteiger partial charge in [-0.1, -0.05) is 13.8 Å². The predicted octanol–water partition coefficient (Wildman–Crippen LogP) is -11.3. The van der Waals surface area contributed by atoms with Crippen LogP contribution in [0.2, 0.25) is 0 Å². The molecule has 37 nitrogen and oxygen atoms in total. The van der Waals surface area contributed by atoms with Crippen molar-refractivity contribution < 1.29 is 118 Å². The van der Waals surface area contributed by atoms with Gasteiger partial charge in [0.1, 0.15) is 91.1 Å². The van der Waals surface area contributed by atoms with Crippen molar-refractivity contribution >= 4 is 65.0 Å². The number of carbonyl (C=O) groups is 11. The Hall–Kier alpha value is -7.14. The van der Waals surface area contributed by atoms with E-state index in [-0.39, 0.29) is 25.8 Å². The van der Waals surface area contributed by atoms with Gasteiger partial charge >= 0.3 is 5.97 Å². The van der Waals surface area contributed by atoms with Crippen molar-refractivity contribution in [2.24, 2.45) is 11.7 Å². The smallest absolute Gasteiger partial charge is 0.305 e. The number of H-pyrrole nitrogens is 1. The lowest BCUT2D eigenvalue weighted by atomic mass is 9.95. The maximum absolute atomic E-state index is 14.0. The lowest BCUT2D eigenvalue weighted by Crippen LogP contribution is -2.69. The molecule has 20 atom stereocenters. The van der Waals surface area contributed by atoms with Crippen LogP contribution < -0.4 is 53.6 Å². The van der Waals surface area contributed by atoms with Crippen LogP contribution in [0.3, 0.4) is 0 Å². The molecule has 37 heteroatoms. The Bertz CT molecular complexity index is 2570. The monoisotopic (exact) mass is 1260 g/mol. The van der Waals surface area contributed by atoms with Gasteiger partial charge in [-0.3, -0.25) is 52.7 Å². The molecule has 1 aromatic heterocycles. The molecular formula is C51H83N13O24. The van der Waals surface area contributed by atoms with E-state index < -0.39 is 226 Å². The van der Waals surface area contributed by atoms with Crippen LogP contribution >= 0.6 is 0 Å². The molecule has 3 aliphatic rings. The average molecular weight is 1260 g/mol. The first-order valence-corrected chi connectivity index (χ1v) is 28.1. The molecule has 3 aliphatic heterocycles. The molecule has 8 unspecified atom stereocenters. The number of carbonyl (C=O) groups excluding carboxylic acids is 10. The summed E-state index contributed by atoms with van der Waals surface area (Å²) in [5, 5.41) is 114. The number of likely N-dealkylation sites (tertiary alicyclic amines) is 1. The van der Waals surface area contributed by atoms with Gasteiger partial charge in [-0.25, -0.2) is 4.98 Å². The summed E-state index contributed by atoms with van der Waals surface area (Å²) < 4.78 is 23.0. The van der Waals surface area contributed by atoms with E-state index in [1.165, 1.54) is 26.4 Å². The van der Waals surface area contributed by atoms with E-state index in [1.54, 1.807) is 13.8 Å². The number of aliphatic carboxylic acids is 1. The number of hydrogen-bond donors (Lipinski definition) is 20. The minimum Gasteiger partial charge on any atom is -0.481 e. The Balaban J connectivity index is 1.41. The Labute approximate surface area is 503 Å². The number of aliphatic hydroxyl groups is 8. The second-order valence-electron chi connectivity index (χ2n) is 21.6. The third-order valence-electron chi connectivity index (χ3n) is 14.5. The van der Waals surface area contributed by atoms with Gasteiger partial charge in [0.15, 0.2) is 12.6 Å². The fourth-order valence-electron chi connectivity index (χ4n) is 9.63. The van der Waals surface area contributed by atoms with E-state index in [1.807, 2.05) is 0 Å². The number of hydrogen-bond acceptors (Lipinski definition) is 25. The van der Waals surface area contributed by atoms with Crippen LogP contribution in [0.4, 0.5) is 0 Å². The molecule has 0 aliphatic carbocycles. The number of amides is 10. The van der Waals surface area contributed by atoms with E-state index in [9.17, 15) is 98.7 Å². The van der Waals surface area contributed by atoms with E-state index in [0.29, 0.717) is 5.69 Å². The van der Waals surface area contributed by atoms with Crippen molar-refractivity contribution in [2.45, 2.75) is 189 Å². The van der Waals surface area contributed by atoms with Crippen LogP contribution in [0.15, 0.2) is 12.5 Å². The molecule has 0 saturated carbocycles. The number of imidazole rings is 1. The first-order valence-electron chi connectivity index (χ1n) is 28.1. The fourth-order valence-corrected chi connectivity index (χ4v) is 9.63. The quantitative estimate of drug-likeness (QED) is 0.0328. The summed E-state index contributed by atoms with van der Waals surface area (Å²) in [7, 11) is 1.15. The number of nitrogens with one attached hydrogen (secondary N) is 10. The standard InChI is InChI=1S/C51H83N13O24/c1-19(2)33(61-31(70)14-55-42(77)25(52)11-24-13-54-18-56-24)47(82)62-34(21(4)68)48(83)60-27(15-65)44(79)57-20(3)49(84)64-10-8-9-28(64)45(80)59-26(12-32(71)72)43(78)63-35(46(81)53-7)22(5)85-50-36(58-23(6)69)41(38(74)30(17-67)86-50)88-51-40(76)39(75)37(73)29(16-66)87-51/h13,18-22,25-30,33-41,50-51,65-68,73-76H,8-12,14-17,52H2,1-7H3,(H,53,81)(H,54,56)(H,55,77)(H,57,79)(H,58,69)(H,59,80)(H,60,83)(H,61,70)(H,62,82)(H,63,78)(H,71,72)/t20-,21?,22?,25-,26-,27-,28-,29?,30?,33-,34-,35-,36?,37-,38-,39?,40?,41?,50-,51-/m0/s1. The zero-order chi connectivity index (χ0) is 66.0. The second kappa shape index (κ2) is 34.0. The highest BCUT2D eigenvalue weighted by Gasteiger charge is 2.53. The number of nitrogens with zero attached hydrogens (tertiary/aromatic N) is 2. The van der Waals surface area contributed by atoms with Gasteiger partial charge in [0, 0.05) is 38.8 Å². The number of carboxylic acid groups (broad SMARTS) is 1. The Morgan fingerprint density at radius 3 is 1.93 bits per heavy atom. The summed E-state index contributed by atoms with van der Waals surface area (Å²) >= 11 is 0. The Morgan fingerprint density at radius 1 is 0.750 bits per heavy atom. The topological polar surface area (TPSA) is 573 Å². The molecule has 0 spiro atoms. The van der Waals surface area contributed by atoms with Crippen LogP contribution in [0.5, 0.6) is 0 Å². The van der Waals surface area contributed by atoms with Crippen LogP contribution in [0, 0.1) is 5.92 Å². The van der Waals surface area contributed by atoms with Gasteiger partial charge < -0.3 is 128 Å². The van der Waals surface area contributed by atoms with Crippen molar-refractivity contribution in [1.82, 2.24) is 62.7 Å². The number of carboxylic acids is 1. The third kappa shape index (κ3) is 19.9. The maximum Gasteiger partial charge on any atom is 0.305 e. The highest BCUT2D eigenvalue weighted by atomic mass is 16.7. The molecule has 1 aromatic rings. The molecule has 4 heterocycles. The van der Waals surface area contributed by atoms with Gasteiger partial charge in [0.25, 0.3) is 0 Å². The van der Waals surface area contributed by atoms with Crippen molar-refractivity contribution in [1.29, 1.82) is 0 Å². The molecule has 88 heavy (non-hydrogen) atoms. The number of aromatic nitrogens is 2. The summed E-state index contributed by atoms with van der Waals surface area (Å²) in [5.74, 6) is -12.1. The summed E-state index contributed by atoms with van der Waals surface area (Å²) in [4.78, 5) is 153. The number of aromatic amines is 1. The molecule has 21 N–H and O–H groups in total. The lowest BCUT2D eigenvalue weighted by molar-refractivity contribution is -0.347. The minimum atomic E-state index is -2.01. The molecule has 3 saturated heterocycles. The summed E-state index contributed by atoms with van der Waals surface area (Å²) in [6, 6.07) is -14.3. The van der Waals surface area contributed by atoms with Crippen LogP contribution in [-0.4, -0.2) is 288 Å². The number of ether oxygens (including phenoxy) is 4. The molecule has 0 radical (unpaired) electrons. The normalized spacial score (nSPS) is 26.6. The van der Waals surface area contributed by atoms with Crippen molar-refractivity contribution in [3.05, 3.63) is 18.2 Å². The van der Waals surface area contributed by atoms with Gasteiger partial charge in [0.05, 0.1) is 57.4 Å². The minimum absolute atomic E-state index is 0.0471. The zero-order valence-corrected chi connectivity index (χ0v) is 49.3. The number of nitrogens with two attached hydrogens (primary N) is 1. The van der Waals surface area contributed by atoms with Crippen LogP contribution in [0.1, 0.15) is 66.5 Å². The molecular weight excluding hydrogens is 1180 g/mol. The number of likely N-dealkylation sites (N-methyl/N-ethyl adjacent to an activating group) is 1. The third-order valence-corrected chi connectivity index (χ3v) is 14.5. The van der Waals surface area contributed by atoms with Gasteiger partial charge in [-0.15, -0.1) is 0 Å². The number of aliphatic hydroxyl groups excluding tert-OH is 8. The van der Waals surface area contributed by atoms with E-state index in [0.717, 1.165) is 25.8 Å². The van der Waals surface area contributed by atoms with E-state index in [2.05, 4.69) is 57.8 Å². The summed E-state index contributed by atoms with van der Waals surface area (Å²) in [5.41, 5.74) is 6.47. The largest absolute Gasteiger partial charge is 0.481 e. The SMILES string of the molecule is CNC(=O)[C@@H](NC(=O)[C@H](CC(=O)O)NC(=O)[C@@H]1CCCN1C(=O)[C@H](C)NC(=O)[C@H](CO)NC(=O)[C@@H](NC(=O)[C@@H](NC(=O)CNC(=O)[C@@H](N)Cc1cnc[nH]1)C(C)C)C(C)O)C(C)O[C@H]1OC(CO)[C@H](O)C(O[C@@H]2OC(CO)[C@H](O)C(O)C2O)C1NC(C)=O. The van der Waals surface area contributed by atoms with E-state index >= 15 is 0 Å². The Morgan fingerprint density at radius 2 is 1.36 bits per heavy atom. The molecule has 3 fully saturated rings. The highest BCUT2D eigenvalue weighted by molar-refractivity contribution is 5.99. The highest BCUT2D eigenvalue weighted by Crippen LogP contribution is 2.31. The van der Waals surface area contributed by atoms with Crippen molar-refractivity contribution in [3.63, 3.8) is 0 Å². The van der Waals surface area contributed by atoms with Gasteiger partial charge in [-0.05, 0) is 39.5 Å². The first-order chi connectivity index (χ1) is 41.4. The van der Waals surface area contributed by atoms with Crippen molar-refractivity contribution in [2.75, 3.05) is 40.0 Å². The maximum atomic E-state index is 14.0. The zero-order valence-electron chi connectivity index (χ0n) is 49.3. The molecule has 496 valence electrons. The fraction of sp³-hybridized carbons (Fsp3) is 0.725. The summed E-state index contributed by atoms with van der Waals surface area (Å²) in [6.45, 7) is 4.09. The first kappa shape index (κ1) is 73.3. The van der Waals surface area contributed by atoms with Gasteiger partial charge in [-0.2, -0.15) is 0 Å². The number of rotatable bonds is 31. The summed E-state index contributed by atoms with van der Waals surface area (Å²) in [6.07, 6.45) is -17.4. The van der Waals surface area contributed by atoms with E-state index in [4.69, 9.17) is 24.7 Å². The second-order valence-corrected chi connectivity index (χ2v) is 21.6. The molecule has 10 amide bonds.